The lowest BCUT2D eigenvalue weighted by Crippen LogP contribution is -2.23. The van der Waals surface area contributed by atoms with Crippen LogP contribution in [-0.4, -0.2) is 27.2 Å². The summed E-state index contributed by atoms with van der Waals surface area (Å²) in [5.41, 5.74) is 0.527. The van der Waals surface area contributed by atoms with Crippen molar-refractivity contribution >= 4 is 23.1 Å². The van der Waals surface area contributed by atoms with Crippen LogP contribution in [0.5, 0.6) is 0 Å². The van der Waals surface area contributed by atoms with Gasteiger partial charge < -0.3 is 10.1 Å². The summed E-state index contributed by atoms with van der Waals surface area (Å²) >= 11 is 0. The van der Waals surface area contributed by atoms with E-state index in [1.165, 1.54) is 6.92 Å². The van der Waals surface area contributed by atoms with Crippen LogP contribution < -0.4 is 10.9 Å². The molecule has 0 fully saturated rings. The van der Waals surface area contributed by atoms with Gasteiger partial charge in [0.1, 0.15) is 17.5 Å². The molecular formula is C17H15N5O3. The smallest absolute Gasteiger partial charge is 0.357 e. The zero-order valence-electron chi connectivity index (χ0n) is 13.7. The van der Waals surface area contributed by atoms with Gasteiger partial charge in [-0.2, -0.15) is 9.78 Å². The second-order valence-corrected chi connectivity index (χ2v) is 5.23. The number of nitrogens with zero attached hydrogens (tertiary/aromatic N) is 3. The summed E-state index contributed by atoms with van der Waals surface area (Å²) < 4.78 is 6.07. The van der Waals surface area contributed by atoms with Gasteiger partial charge in [-0.15, -0.1) is 0 Å². The first-order valence-corrected chi connectivity index (χ1v) is 7.61. The molecule has 0 bridgehead atoms. The van der Waals surface area contributed by atoms with Gasteiger partial charge >= 0.3 is 5.97 Å². The molecule has 0 radical (unpaired) electrons. The molecule has 8 heteroatoms. The number of hydrogen-bond donors (Lipinski definition) is 2. The van der Waals surface area contributed by atoms with Crippen LogP contribution in [0.1, 0.15) is 28.5 Å². The number of nitriles is 1. The van der Waals surface area contributed by atoms with Crippen molar-refractivity contribution in [1.82, 2.24) is 14.6 Å². The number of carbonyl (C=O) groups excluding carboxylic acids is 1. The van der Waals surface area contributed by atoms with Gasteiger partial charge in [0, 0.05) is 11.3 Å². The van der Waals surface area contributed by atoms with Crippen LogP contribution >= 0.6 is 0 Å². The number of para-hydroxylation sites is 1. The summed E-state index contributed by atoms with van der Waals surface area (Å²) in [5.74, 6) is -0.374. The van der Waals surface area contributed by atoms with Gasteiger partial charge in [-0.05, 0) is 26.0 Å². The normalized spacial score (nSPS) is 10.4. The van der Waals surface area contributed by atoms with E-state index in [1.54, 1.807) is 6.92 Å². The monoisotopic (exact) mass is 337 g/mol. The molecule has 8 nitrogen and oxygen atoms in total. The third-order valence-corrected chi connectivity index (χ3v) is 3.63. The maximum atomic E-state index is 12.5. The number of anilines is 2. The van der Waals surface area contributed by atoms with Crippen LogP contribution in [0.4, 0.5) is 11.5 Å². The van der Waals surface area contributed by atoms with E-state index in [1.807, 2.05) is 36.4 Å². The lowest BCUT2D eigenvalue weighted by Gasteiger charge is -2.04. The Morgan fingerprint density at radius 2 is 2.12 bits per heavy atom. The number of nitrogens with one attached hydrogen (secondary N) is 2. The Labute approximate surface area is 142 Å². The Balaban J connectivity index is 2.19. The number of aromatic amines is 1. The molecule has 2 aromatic heterocycles. The molecule has 0 saturated heterocycles. The molecule has 126 valence electrons. The predicted octanol–water partition coefficient (Wildman–Crippen LogP) is 2.12. The largest absolute Gasteiger partial charge is 0.461 e. The highest BCUT2D eigenvalue weighted by Crippen LogP contribution is 2.22. The average molecular weight is 337 g/mol. The van der Waals surface area contributed by atoms with Crippen LogP contribution in [-0.2, 0) is 4.74 Å². The van der Waals surface area contributed by atoms with E-state index in [0.717, 1.165) is 10.2 Å². The molecule has 0 aliphatic heterocycles. The lowest BCUT2D eigenvalue weighted by atomic mass is 10.2. The van der Waals surface area contributed by atoms with E-state index >= 15 is 0 Å². The zero-order valence-corrected chi connectivity index (χ0v) is 13.7. The van der Waals surface area contributed by atoms with Crippen molar-refractivity contribution in [2.45, 2.75) is 13.8 Å². The summed E-state index contributed by atoms with van der Waals surface area (Å²) in [6.45, 7) is 3.32. The second-order valence-electron chi connectivity index (χ2n) is 5.23. The minimum atomic E-state index is -0.692. The lowest BCUT2D eigenvalue weighted by molar-refractivity contribution is 0.0518. The molecular weight excluding hydrogens is 322 g/mol. The van der Waals surface area contributed by atoms with Crippen molar-refractivity contribution < 1.29 is 9.53 Å². The van der Waals surface area contributed by atoms with E-state index in [4.69, 9.17) is 4.74 Å². The van der Waals surface area contributed by atoms with Crippen molar-refractivity contribution in [3.8, 4) is 6.07 Å². The fraction of sp³-hybridized carbons (Fsp3) is 0.176. The molecule has 0 spiro atoms. The topological polar surface area (TPSA) is 112 Å². The average Bonchev–Trinajstić information content (AvgIpc) is 2.96. The molecule has 1 aromatic carbocycles. The maximum absolute atomic E-state index is 12.5. The van der Waals surface area contributed by atoms with E-state index in [0.29, 0.717) is 5.82 Å². The summed E-state index contributed by atoms with van der Waals surface area (Å²) in [6, 6.07) is 11.2. The number of aromatic nitrogens is 3. The summed E-state index contributed by atoms with van der Waals surface area (Å²) in [4.78, 5) is 28.7. The summed E-state index contributed by atoms with van der Waals surface area (Å²) in [7, 11) is 0. The fourth-order valence-electron chi connectivity index (χ4n) is 2.42. The number of esters is 1. The van der Waals surface area contributed by atoms with Crippen LogP contribution in [0.3, 0.4) is 0 Å². The Hall–Kier alpha value is -3.60. The SMILES string of the molecule is CCOC(=O)c1nc2c(C#N)c(Nc3ccccc3)[nH]n2c(=O)c1C. The standard InChI is InChI=1S/C17H15N5O3/c1-3-25-17(24)13-10(2)16(23)22-15(20-13)12(9-18)14(21-22)19-11-7-5-4-6-8-11/h4-8,19,21H,3H2,1-2H3. The van der Waals surface area contributed by atoms with Crippen LogP contribution in [0, 0.1) is 18.3 Å². The molecule has 0 saturated carbocycles. The first kappa shape index (κ1) is 16.3. The van der Waals surface area contributed by atoms with E-state index in [2.05, 4.69) is 15.4 Å². The third-order valence-electron chi connectivity index (χ3n) is 3.63. The zero-order chi connectivity index (χ0) is 18.0. The third kappa shape index (κ3) is 2.83. The Morgan fingerprint density at radius 3 is 2.76 bits per heavy atom. The number of hydrogen-bond acceptors (Lipinski definition) is 6. The van der Waals surface area contributed by atoms with Gasteiger partial charge in [0.25, 0.3) is 5.56 Å². The number of benzene rings is 1. The van der Waals surface area contributed by atoms with E-state index < -0.39 is 11.5 Å². The predicted molar refractivity (Wildman–Crippen MR) is 90.9 cm³/mol. The maximum Gasteiger partial charge on any atom is 0.357 e. The number of fused-ring (bicyclic) bond motifs is 1. The van der Waals surface area contributed by atoms with Crippen LogP contribution in [0.15, 0.2) is 35.1 Å². The molecule has 0 aliphatic rings. The molecule has 25 heavy (non-hydrogen) atoms. The van der Waals surface area contributed by atoms with Gasteiger partial charge in [-0.1, -0.05) is 18.2 Å². The van der Waals surface area contributed by atoms with Crippen molar-refractivity contribution in [2.75, 3.05) is 11.9 Å². The minimum absolute atomic E-state index is 0.0691. The van der Waals surface area contributed by atoms with Crippen LogP contribution in [0.2, 0.25) is 0 Å². The molecule has 0 aliphatic carbocycles. The van der Waals surface area contributed by atoms with Gasteiger partial charge in [0.15, 0.2) is 11.3 Å². The highest BCUT2D eigenvalue weighted by atomic mass is 16.5. The van der Waals surface area contributed by atoms with Gasteiger partial charge in [-0.25, -0.2) is 9.78 Å². The fourth-order valence-corrected chi connectivity index (χ4v) is 2.42. The first-order chi connectivity index (χ1) is 12.1. The minimum Gasteiger partial charge on any atom is -0.461 e. The number of rotatable bonds is 4. The second kappa shape index (κ2) is 6.49. The Kier molecular flexibility index (Phi) is 4.22. The Morgan fingerprint density at radius 1 is 1.40 bits per heavy atom. The highest BCUT2D eigenvalue weighted by Gasteiger charge is 2.22. The van der Waals surface area contributed by atoms with Crippen molar-refractivity contribution in [2.24, 2.45) is 0 Å². The molecule has 0 unspecified atom stereocenters. The van der Waals surface area contributed by atoms with Crippen molar-refractivity contribution in [3.63, 3.8) is 0 Å². The highest BCUT2D eigenvalue weighted by molar-refractivity contribution is 5.89. The van der Waals surface area contributed by atoms with Gasteiger partial charge in [-0.3, -0.25) is 9.89 Å². The first-order valence-electron chi connectivity index (χ1n) is 7.61. The molecule has 3 rings (SSSR count). The molecule has 2 N–H and O–H groups in total. The quantitative estimate of drug-likeness (QED) is 0.705. The summed E-state index contributed by atoms with van der Waals surface area (Å²) in [5, 5.41) is 15.4. The number of H-pyrrole nitrogens is 1. The summed E-state index contributed by atoms with van der Waals surface area (Å²) in [6.07, 6.45) is 0. The van der Waals surface area contributed by atoms with E-state index in [-0.39, 0.29) is 29.1 Å². The Bertz CT molecular complexity index is 1040. The van der Waals surface area contributed by atoms with Crippen molar-refractivity contribution in [3.05, 3.63) is 57.5 Å². The van der Waals surface area contributed by atoms with Gasteiger partial charge in [0.2, 0.25) is 0 Å². The van der Waals surface area contributed by atoms with Crippen molar-refractivity contribution in [1.29, 1.82) is 5.26 Å². The number of ether oxygens (including phenoxy) is 1. The number of carbonyl (C=O) groups is 1. The molecule has 2 heterocycles. The van der Waals surface area contributed by atoms with Gasteiger partial charge in [0.05, 0.1) is 6.61 Å². The molecule has 0 atom stereocenters. The molecule has 3 aromatic rings. The van der Waals surface area contributed by atoms with Crippen LogP contribution in [0.25, 0.3) is 5.65 Å². The molecule has 0 amide bonds. The van der Waals surface area contributed by atoms with E-state index in [9.17, 15) is 14.9 Å².